The van der Waals surface area contributed by atoms with Crippen molar-refractivity contribution in [2.45, 2.75) is 0 Å². The molecule has 92 valence electrons. The molecule has 0 aliphatic carbocycles. The highest BCUT2D eigenvalue weighted by molar-refractivity contribution is 5.85. The van der Waals surface area contributed by atoms with Crippen LogP contribution in [0.1, 0.15) is 20.7 Å². The lowest BCUT2D eigenvalue weighted by molar-refractivity contribution is 0.111. The standard InChI is InChI=1S/C15H9NO3/c17-8-10-1-4-12(5-2-10)15-16-13-7-11(9-18)3-6-14(13)19-15/h1-9H. The molecule has 0 saturated carbocycles. The number of hydrogen-bond donors (Lipinski definition) is 0. The molecular formula is C15H9NO3. The average molecular weight is 251 g/mol. The molecule has 0 saturated heterocycles. The van der Waals surface area contributed by atoms with Crippen molar-refractivity contribution in [2.24, 2.45) is 0 Å². The Bertz CT molecular complexity index is 757. The van der Waals surface area contributed by atoms with Crippen LogP contribution in [0.25, 0.3) is 22.6 Å². The third-order valence-corrected chi connectivity index (χ3v) is 2.84. The monoisotopic (exact) mass is 251 g/mol. The van der Waals surface area contributed by atoms with Crippen molar-refractivity contribution in [2.75, 3.05) is 0 Å². The number of oxazole rings is 1. The van der Waals surface area contributed by atoms with Crippen LogP contribution in [0, 0.1) is 0 Å². The summed E-state index contributed by atoms with van der Waals surface area (Å²) in [7, 11) is 0. The van der Waals surface area contributed by atoms with Crippen LogP contribution in [0.5, 0.6) is 0 Å². The number of hydrogen-bond acceptors (Lipinski definition) is 4. The van der Waals surface area contributed by atoms with Gasteiger partial charge in [0.05, 0.1) is 0 Å². The minimum Gasteiger partial charge on any atom is -0.436 e. The van der Waals surface area contributed by atoms with Crippen molar-refractivity contribution in [1.29, 1.82) is 0 Å². The van der Waals surface area contributed by atoms with Gasteiger partial charge in [-0.15, -0.1) is 0 Å². The summed E-state index contributed by atoms with van der Waals surface area (Å²) in [6.07, 6.45) is 1.55. The molecule has 2 aromatic carbocycles. The largest absolute Gasteiger partial charge is 0.436 e. The summed E-state index contributed by atoms with van der Waals surface area (Å²) in [6.45, 7) is 0. The zero-order valence-corrected chi connectivity index (χ0v) is 9.87. The molecule has 1 aromatic heterocycles. The molecule has 3 rings (SSSR count). The Hall–Kier alpha value is -2.75. The van der Waals surface area contributed by atoms with Crippen LogP contribution < -0.4 is 0 Å². The quantitative estimate of drug-likeness (QED) is 0.671. The van der Waals surface area contributed by atoms with Crippen LogP contribution in [0.2, 0.25) is 0 Å². The van der Waals surface area contributed by atoms with E-state index >= 15 is 0 Å². The molecule has 4 heteroatoms. The van der Waals surface area contributed by atoms with Gasteiger partial charge >= 0.3 is 0 Å². The highest BCUT2D eigenvalue weighted by Gasteiger charge is 2.08. The summed E-state index contributed by atoms with van der Waals surface area (Å²) in [5.41, 5.74) is 3.21. The Kier molecular flexibility index (Phi) is 2.68. The number of aldehydes is 2. The maximum atomic E-state index is 10.7. The van der Waals surface area contributed by atoms with Crippen LogP contribution >= 0.6 is 0 Å². The van der Waals surface area contributed by atoms with Gasteiger partial charge in [0, 0.05) is 16.7 Å². The van der Waals surface area contributed by atoms with Crippen molar-refractivity contribution in [3.05, 3.63) is 53.6 Å². The van der Waals surface area contributed by atoms with E-state index in [2.05, 4.69) is 4.98 Å². The van der Waals surface area contributed by atoms with Crippen LogP contribution in [0.4, 0.5) is 0 Å². The zero-order chi connectivity index (χ0) is 13.2. The number of fused-ring (bicyclic) bond motifs is 1. The molecule has 1 heterocycles. The van der Waals surface area contributed by atoms with Gasteiger partial charge in [-0.05, 0) is 30.3 Å². The van der Waals surface area contributed by atoms with Crippen molar-refractivity contribution in [1.82, 2.24) is 4.98 Å². The molecule has 0 amide bonds. The van der Waals surface area contributed by atoms with Crippen LogP contribution in [0.3, 0.4) is 0 Å². The molecule has 0 spiro atoms. The first-order chi connectivity index (χ1) is 9.30. The minimum absolute atomic E-state index is 0.468. The number of nitrogens with zero attached hydrogens (tertiary/aromatic N) is 1. The lowest BCUT2D eigenvalue weighted by Crippen LogP contribution is -1.81. The fraction of sp³-hybridized carbons (Fsp3) is 0. The molecule has 0 radical (unpaired) electrons. The van der Waals surface area contributed by atoms with Gasteiger partial charge in [-0.1, -0.05) is 12.1 Å². The maximum Gasteiger partial charge on any atom is 0.227 e. The molecule has 3 aromatic rings. The van der Waals surface area contributed by atoms with Crippen molar-refractivity contribution in [3.63, 3.8) is 0 Å². The zero-order valence-electron chi connectivity index (χ0n) is 9.87. The number of carbonyl (C=O) groups is 2. The van der Waals surface area contributed by atoms with Crippen molar-refractivity contribution in [3.8, 4) is 11.5 Å². The second kappa shape index (κ2) is 4.49. The van der Waals surface area contributed by atoms with Crippen LogP contribution in [-0.2, 0) is 0 Å². The summed E-state index contributed by atoms with van der Waals surface area (Å²) in [5, 5.41) is 0. The number of carbonyl (C=O) groups excluding carboxylic acids is 2. The van der Waals surface area contributed by atoms with Crippen LogP contribution in [-0.4, -0.2) is 17.6 Å². The van der Waals surface area contributed by atoms with Crippen molar-refractivity contribution >= 4 is 23.7 Å². The van der Waals surface area contributed by atoms with E-state index in [-0.39, 0.29) is 0 Å². The van der Waals surface area contributed by atoms with E-state index in [9.17, 15) is 9.59 Å². The first kappa shape index (κ1) is 11.3. The van der Waals surface area contributed by atoms with Gasteiger partial charge in [-0.2, -0.15) is 0 Å². The van der Waals surface area contributed by atoms with Crippen molar-refractivity contribution < 1.29 is 14.0 Å². The molecule has 0 atom stereocenters. The number of benzene rings is 2. The molecule has 19 heavy (non-hydrogen) atoms. The van der Waals surface area contributed by atoms with Gasteiger partial charge in [0.15, 0.2) is 5.58 Å². The fourth-order valence-electron chi connectivity index (χ4n) is 1.85. The Balaban J connectivity index is 2.08. The number of aromatic nitrogens is 1. The van der Waals surface area contributed by atoms with Crippen LogP contribution in [0.15, 0.2) is 46.9 Å². The summed E-state index contributed by atoms with van der Waals surface area (Å²) in [6, 6.07) is 12.0. The molecule has 4 nitrogen and oxygen atoms in total. The first-order valence-corrected chi connectivity index (χ1v) is 5.71. The van der Waals surface area contributed by atoms with Gasteiger partial charge in [0.2, 0.25) is 5.89 Å². The topological polar surface area (TPSA) is 60.2 Å². The lowest BCUT2D eigenvalue weighted by atomic mass is 10.1. The van der Waals surface area contributed by atoms with Gasteiger partial charge in [-0.3, -0.25) is 9.59 Å². The van der Waals surface area contributed by atoms with E-state index in [0.29, 0.717) is 28.1 Å². The van der Waals surface area contributed by atoms with E-state index in [0.717, 1.165) is 18.1 Å². The van der Waals surface area contributed by atoms with E-state index in [1.54, 1.807) is 42.5 Å². The molecule has 0 fully saturated rings. The lowest BCUT2D eigenvalue weighted by Gasteiger charge is -1.94. The predicted octanol–water partition coefficient (Wildman–Crippen LogP) is 3.12. The maximum absolute atomic E-state index is 10.7. The predicted molar refractivity (Wildman–Crippen MR) is 70.2 cm³/mol. The Morgan fingerprint density at radius 1 is 0.895 bits per heavy atom. The van der Waals surface area contributed by atoms with E-state index in [4.69, 9.17) is 4.42 Å². The summed E-state index contributed by atoms with van der Waals surface area (Å²) in [5.74, 6) is 0.468. The molecule has 0 bridgehead atoms. The Labute approximate surface area is 108 Å². The molecule has 0 unspecified atom stereocenters. The Morgan fingerprint density at radius 3 is 2.26 bits per heavy atom. The fourth-order valence-corrected chi connectivity index (χ4v) is 1.85. The molecule has 0 aliphatic rings. The summed E-state index contributed by atoms with van der Waals surface area (Å²) < 4.78 is 5.61. The molecule has 0 N–H and O–H groups in total. The van der Waals surface area contributed by atoms with E-state index in [1.807, 2.05) is 0 Å². The SMILES string of the molecule is O=Cc1ccc(-c2nc3cc(C=O)ccc3o2)cc1. The first-order valence-electron chi connectivity index (χ1n) is 5.71. The summed E-state index contributed by atoms with van der Waals surface area (Å²) >= 11 is 0. The Morgan fingerprint density at radius 2 is 1.58 bits per heavy atom. The molecule has 0 aliphatic heterocycles. The van der Waals surface area contributed by atoms with Gasteiger partial charge in [0.25, 0.3) is 0 Å². The highest BCUT2D eigenvalue weighted by Crippen LogP contribution is 2.24. The van der Waals surface area contributed by atoms with Gasteiger partial charge in [0.1, 0.15) is 18.1 Å². The third kappa shape index (κ3) is 2.04. The third-order valence-electron chi connectivity index (χ3n) is 2.84. The normalized spacial score (nSPS) is 10.5. The number of rotatable bonds is 3. The van der Waals surface area contributed by atoms with E-state index in [1.165, 1.54) is 0 Å². The smallest absolute Gasteiger partial charge is 0.227 e. The van der Waals surface area contributed by atoms with Gasteiger partial charge in [-0.25, -0.2) is 4.98 Å². The van der Waals surface area contributed by atoms with E-state index < -0.39 is 0 Å². The molecular weight excluding hydrogens is 242 g/mol. The minimum atomic E-state index is 0.468. The average Bonchev–Trinajstić information content (AvgIpc) is 2.90. The highest BCUT2D eigenvalue weighted by atomic mass is 16.3. The summed E-state index contributed by atoms with van der Waals surface area (Å²) in [4.78, 5) is 25.6. The second-order valence-corrected chi connectivity index (χ2v) is 4.10. The second-order valence-electron chi connectivity index (χ2n) is 4.10. The van der Waals surface area contributed by atoms with Gasteiger partial charge < -0.3 is 4.42 Å².